The third kappa shape index (κ3) is 3.80. The maximum Gasteiger partial charge on any atom is 0.0418 e. The first-order valence-electron chi connectivity index (χ1n) is 6.53. The Balaban J connectivity index is 2.09. The van der Waals surface area contributed by atoms with Crippen molar-refractivity contribution in [3.05, 3.63) is 59.4 Å². The zero-order valence-electron chi connectivity index (χ0n) is 11.9. The number of nitrogens with one attached hydrogen (secondary N) is 1. The Hall–Kier alpha value is -1.87. The molecule has 1 aromatic carbocycles. The van der Waals surface area contributed by atoms with Gasteiger partial charge in [-0.3, -0.25) is 4.98 Å². The molecule has 0 unspecified atom stereocenters. The molecule has 0 atom stereocenters. The standard InChI is InChI=1S/C16H21N3/c1-13-8-9-17-10-15(13)11-18-16-7-5-4-6-14(16)12-19(2)3/h4-10,18H,11-12H2,1-3H3. The van der Waals surface area contributed by atoms with Crippen LogP contribution in [0.2, 0.25) is 0 Å². The molecule has 2 aromatic rings. The Morgan fingerprint density at radius 2 is 1.89 bits per heavy atom. The van der Waals surface area contributed by atoms with Crippen LogP contribution in [0.3, 0.4) is 0 Å². The Kier molecular flexibility index (Phi) is 4.53. The lowest BCUT2D eigenvalue weighted by Crippen LogP contribution is -2.13. The van der Waals surface area contributed by atoms with Crippen molar-refractivity contribution in [2.45, 2.75) is 20.0 Å². The van der Waals surface area contributed by atoms with Gasteiger partial charge in [0.2, 0.25) is 0 Å². The van der Waals surface area contributed by atoms with E-state index in [-0.39, 0.29) is 0 Å². The van der Waals surface area contributed by atoms with Crippen LogP contribution in [0.4, 0.5) is 5.69 Å². The van der Waals surface area contributed by atoms with Gasteiger partial charge in [-0.1, -0.05) is 18.2 Å². The molecule has 0 spiro atoms. The van der Waals surface area contributed by atoms with Crippen LogP contribution in [0.25, 0.3) is 0 Å². The van der Waals surface area contributed by atoms with E-state index >= 15 is 0 Å². The highest BCUT2D eigenvalue weighted by atomic mass is 15.1. The first kappa shape index (κ1) is 13.6. The van der Waals surface area contributed by atoms with Gasteiger partial charge in [0.05, 0.1) is 0 Å². The Labute approximate surface area is 115 Å². The Bertz CT molecular complexity index is 535. The Morgan fingerprint density at radius 1 is 1.11 bits per heavy atom. The minimum absolute atomic E-state index is 0.810. The van der Waals surface area contributed by atoms with E-state index in [1.807, 2.05) is 18.5 Å². The number of nitrogens with zero attached hydrogens (tertiary/aromatic N) is 2. The molecule has 3 nitrogen and oxygen atoms in total. The summed E-state index contributed by atoms with van der Waals surface area (Å²) in [5.74, 6) is 0. The largest absolute Gasteiger partial charge is 0.381 e. The highest BCUT2D eigenvalue weighted by Crippen LogP contribution is 2.18. The molecule has 0 saturated carbocycles. The van der Waals surface area contributed by atoms with Gasteiger partial charge < -0.3 is 10.2 Å². The molecule has 1 N–H and O–H groups in total. The van der Waals surface area contributed by atoms with Crippen LogP contribution in [0.15, 0.2) is 42.7 Å². The quantitative estimate of drug-likeness (QED) is 0.890. The number of pyridine rings is 1. The SMILES string of the molecule is Cc1ccncc1CNc1ccccc1CN(C)C. The fourth-order valence-electron chi connectivity index (χ4n) is 2.04. The second-order valence-electron chi connectivity index (χ2n) is 5.05. The lowest BCUT2D eigenvalue weighted by atomic mass is 10.1. The summed E-state index contributed by atoms with van der Waals surface area (Å²) in [6.07, 6.45) is 3.76. The molecular formula is C16H21N3. The Morgan fingerprint density at radius 3 is 2.63 bits per heavy atom. The van der Waals surface area contributed by atoms with Gasteiger partial charge in [-0.05, 0) is 49.8 Å². The van der Waals surface area contributed by atoms with Gasteiger partial charge in [0.1, 0.15) is 0 Å². The zero-order chi connectivity index (χ0) is 13.7. The lowest BCUT2D eigenvalue weighted by Gasteiger charge is -2.16. The summed E-state index contributed by atoms with van der Waals surface area (Å²) in [6, 6.07) is 10.5. The summed E-state index contributed by atoms with van der Waals surface area (Å²) in [5, 5.41) is 3.51. The van der Waals surface area contributed by atoms with E-state index in [1.165, 1.54) is 22.4 Å². The summed E-state index contributed by atoms with van der Waals surface area (Å²) in [5.41, 5.74) is 5.02. The van der Waals surface area contributed by atoms with Crippen molar-refractivity contribution in [1.29, 1.82) is 0 Å². The average molecular weight is 255 g/mol. The third-order valence-electron chi connectivity index (χ3n) is 3.12. The predicted octanol–water partition coefficient (Wildman–Crippen LogP) is 3.06. The van der Waals surface area contributed by atoms with Crippen molar-refractivity contribution >= 4 is 5.69 Å². The second kappa shape index (κ2) is 6.34. The van der Waals surface area contributed by atoms with Crippen molar-refractivity contribution in [1.82, 2.24) is 9.88 Å². The van der Waals surface area contributed by atoms with Gasteiger partial charge >= 0.3 is 0 Å². The molecule has 0 saturated heterocycles. The van der Waals surface area contributed by atoms with Crippen LogP contribution in [-0.4, -0.2) is 24.0 Å². The summed E-state index contributed by atoms with van der Waals surface area (Å²) < 4.78 is 0. The molecule has 2 rings (SSSR count). The van der Waals surface area contributed by atoms with E-state index in [1.54, 1.807) is 0 Å². The fourth-order valence-corrected chi connectivity index (χ4v) is 2.04. The van der Waals surface area contributed by atoms with Gasteiger partial charge in [0, 0.05) is 31.2 Å². The van der Waals surface area contributed by atoms with Crippen LogP contribution in [0.1, 0.15) is 16.7 Å². The van der Waals surface area contributed by atoms with Crippen LogP contribution in [0.5, 0.6) is 0 Å². The van der Waals surface area contributed by atoms with Crippen LogP contribution in [-0.2, 0) is 13.1 Å². The normalized spacial score (nSPS) is 10.7. The van der Waals surface area contributed by atoms with Gasteiger partial charge in [-0.2, -0.15) is 0 Å². The molecule has 0 amide bonds. The molecule has 0 aliphatic rings. The molecule has 0 aliphatic carbocycles. The van der Waals surface area contributed by atoms with E-state index in [0.29, 0.717) is 0 Å². The summed E-state index contributed by atoms with van der Waals surface area (Å²) in [4.78, 5) is 6.36. The van der Waals surface area contributed by atoms with Crippen molar-refractivity contribution in [2.75, 3.05) is 19.4 Å². The molecule has 100 valence electrons. The molecule has 3 heteroatoms. The molecule has 1 aromatic heterocycles. The maximum absolute atomic E-state index is 4.18. The first-order chi connectivity index (χ1) is 9.16. The van der Waals surface area contributed by atoms with Crippen molar-refractivity contribution < 1.29 is 0 Å². The average Bonchev–Trinajstić information content (AvgIpc) is 2.39. The number of hydrogen-bond donors (Lipinski definition) is 1. The first-order valence-corrected chi connectivity index (χ1v) is 6.53. The third-order valence-corrected chi connectivity index (χ3v) is 3.12. The van der Waals surface area contributed by atoms with E-state index in [2.05, 4.69) is 60.5 Å². The molecule has 0 aliphatic heterocycles. The number of rotatable bonds is 5. The van der Waals surface area contributed by atoms with Crippen molar-refractivity contribution in [3.8, 4) is 0 Å². The second-order valence-corrected chi connectivity index (χ2v) is 5.05. The van der Waals surface area contributed by atoms with Crippen LogP contribution in [0, 0.1) is 6.92 Å². The van der Waals surface area contributed by atoms with E-state index < -0.39 is 0 Å². The van der Waals surface area contributed by atoms with Crippen LogP contribution < -0.4 is 5.32 Å². The number of anilines is 1. The molecule has 0 fully saturated rings. The zero-order valence-corrected chi connectivity index (χ0v) is 11.9. The monoisotopic (exact) mass is 255 g/mol. The van der Waals surface area contributed by atoms with Gasteiger partial charge in [-0.15, -0.1) is 0 Å². The minimum atomic E-state index is 0.810. The fraction of sp³-hybridized carbons (Fsp3) is 0.312. The highest BCUT2D eigenvalue weighted by molar-refractivity contribution is 5.51. The summed E-state index contributed by atoms with van der Waals surface area (Å²) in [6.45, 7) is 3.86. The van der Waals surface area contributed by atoms with E-state index in [9.17, 15) is 0 Å². The predicted molar refractivity (Wildman–Crippen MR) is 80.1 cm³/mol. The smallest absolute Gasteiger partial charge is 0.0418 e. The summed E-state index contributed by atoms with van der Waals surface area (Å²) >= 11 is 0. The van der Waals surface area contributed by atoms with Gasteiger partial charge in [0.15, 0.2) is 0 Å². The number of benzene rings is 1. The molecule has 1 heterocycles. The van der Waals surface area contributed by atoms with E-state index in [4.69, 9.17) is 0 Å². The van der Waals surface area contributed by atoms with Gasteiger partial charge in [-0.25, -0.2) is 0 Å². The molecular weight excluding hydrogens is 234 g/mol. The minimum Gasteiger partial charge on any atom is -0.381 e. The topological polar surface area (TPSA) is 28.2 Å². The summed E-state index contributed by atoms with van der Waals surface area (Å²) in [7, 11) is 4.17. The lowest BCUT2D eigenvalue weighted by molar-refractivity contribution is 0.403. The maximum atomic E-state index is 4.18. The van der Waals surface area contributed by atoms with Crippen molar-refractivity contribution in [3.63, 3.8) is 0 Å². The molecule has 19 heavy (non-hydrogen) atoms. The number of aromatic nitrogens is 1. The number of hydrogen-bond acceptors (Lipinski definition) is 3. The highest BCUT2D eigenvalue weighted by Gasteiger charge is 2.03. The molecule has 0 radical (unpaired) electrons. The number of aryl methyl sites for hydroxylation is 1. The van der Waals surface area contributed by atoms with E-state index in [0.717, 1.165) is 13.1 Å². The molecule has 0 bridgehead atoms. The van der Waals surface area contributed by atoms with Crippen LogP contribution >= 0.6 is 0 Å². The number of para-hydroxylation sites is 1. The van der Waals surface area contributed by atoms with Crippen molar-refractivity contribution in [2.24, 2.45) is 0 Å². The van der Waals surface area contributed by atoms with Gasteiger partial charge in [0.25, 0.3) is 0 Å².